The van der Waals surface area contributed by atoms with Gasteiger partial charge in [-0.3, -0.25) is 14.2 Å². The predicted octanol–water partition coefficient (Wildman–Crippen LogP) is 5.92. The predicted molar refractivity (Wildman–Crippen MR) is 152 cm³/mol. The molecule has 1 amide bonds. The summed E-state index contributed by atoms with van der Waals surface area (Å²) in [6.45, 7) is 7.16. The zero-order valence-corrected chi connectivity index (χ0v) is 22.9. The summed E-state index contributed by atoms with van der Waals surface area (Å²) < 4.78 is 7.83. The number of carbonyl (C=O) groups is 1. The van der Waals surface area contributed by atoms with Gasteiger partial charge in [-0.2, -0.15) is 0 Å². The smallest absolute Gasteiger partial charge is 0.263 e. The zero-order chi connectivity index (χ0) is 25.9. The monoisotopic (exact) mass is 533 g/mol. The summed E-state index contributed by atoms with van der Waals surface area (Å²) in [6.07, 6.45) is 1.53. The van der Waals surface area contributed by atoms with E-state index in [0.29, 0.717) is 36.0 Å². The van der Waals surface area contributed by atoms with Crippen LogP contribution < -0.4 is 10.9 Å². The second kappa shape index (κ2) is 11.2. The lowest BCUT2D eigenvalue weighted by atomic mass is 9.96. The number of hydrogen-bond donors (Lipinski definition) is 1. The standard InChI is InChI=1S/C29H31N3O3S2/c1-18(2)23-16-22-24(17-35-23)37-27-25(22)28(34)32(15-14-20-10-6-4-7-11-20)29(31-27)36-19(3)26(33)30-21-12-8-5-9-13-21/h4-13,18-19,23H,14-17H2,1-3H3,(H,30,33)/t19-,23-/m0/s1. The lowest BCUT2D eigenvalue weighted by Gasteiger charge is -2.26. The molecule has 2 aromatic carbocycles. The van der Waals surface area contributed by atoms with Crippen LogP contribution in [0.15, 0.2) is 70.6 Å². The number of nitrogens with zero attached hydrogens (tertiary/aromatic N) is 2. The maximum absolute atomic E-state index is 14.0. The highest BCUT2D eigenvalue weighted by molar-refractivity contribution is 8.00. The van der Waals surface area contributed by atoms with Gasteiger partial charge in [-0.05, 0) is 42.5 Å². The molecule has 0 spiro atoms. The topological polar surface area (TPSA) is 73.2 Å². The fourth-order valence-electron chi connectivity index (χ4n) is 4.52. The average molecular weight is 534 g/mol. The number of aryl methyl sites for hydroxylation is 1. The number of fused-ring (bicyclic) bond motifs is 3. The third kappa shape index (κ3) is 5.66. The molecule has 3 heterocycles. The molecule has 1 aliphatic rings. The van der Waals surface area contributed by atoms with Crippen LogP contribution in [-0.2, 0) is 35.5 Å². The molecular formula is C29H31N3O3S2. The maximum Gasteiger partial charge on any atom is 0.263 e. The van der Waals surface area contributed by atoms with Crippen molar-refractivity contribution in [2.75, 3.05) is 5.32 Å². The molecule has 1 N–H and O–H groups in total. The van der Waals surface area contributed by atoms with Crippen LogP contribution in [0.4, 0.5) is 5.69 Å². The Morgan fingerprint density at radius 2 is 1.84 bits per heavy atom. The molecule has 0 aliphatic carbocycles. The molecule has 8 heteroatoms. The van der Waals surface area contributed by atoms with Crippen LogP contribution in [0.25, 0.3) is 10.2 Å². The van der Waals surface area contributed by atoms with Gasteiger partial charge >= 0.3 is 0 Å². The number of thiophene rings is 1. The van der Waals surface area contributed by atoms with Crippen LogP contribution in [-0.4, -0.2) is 26.8 Å². The minimum Gasteiger partial charge on any atom is -0.372 e. The molecule has 0 radical (unpaired) electrons. The molecule has 6 nitrogen and oxygen atoms in total. The van der Waals surface area contributed by atoms with E-state index >= 15 is 0 Å². The number of nitrogens with one attached hydrogen (secondary N) is 1. The van der Waals surface area contributed by atoms with Crippen LogP contribution in [0, 0.1) is 5.92 Å². The summed E-state index contributed by atoms with van der Waals surface area (Å²) in [5, 5.41) is 3.81. The molecule has 4 aromatic rings. The minimum absolute atomic E-state index is 0.0268. The average Bonchev–Trinajstić information content (AvgIpc) is 3.27. The fourth-order valence-corrected chi connectivity index (χ4v) is 6.62. The van der Waals surface area contributed by atoms with Gasteiger partial charge in [-0.25, -0.2) is 4.98 Å². The zero-order valence-electron chi connectivity index (χ0n) is 21.3. The molecule has 2 atom stereocenters. The Morgan fingerprint density at radius 1 is 1.14 bits per heavy atom. The highest BCUT2D eigenvalue weighted by atomic mass is 32.2. The van der Waals surface area contributed by atoms with Crippen molar-refractivity contribution in [2.24, 2.45) is 5.92 Å². The van der Waals surface area contributed by atoms with Crippen molar-refractivity contribution in [3.8, 4) is 0 Å². The number of hydrogen-bond acceptors (Lipinski definition) is 6. The van der Waals surface area contributed by atoms with Gasteiger partial charge < -0.3 is 10.1 Å². The molecule has 192 valence electrons. The van der Waals surface area contributed by atoms with Gasteiger partial charge in [-0.15, -0.1) is 11.3 Å². The Morgan fingerprint density at radius 3 is 2.54 bits per heavy atom. The van der Waals surface area contributed by atoms with Crippen LogP contribution in [0.3, 0.4) is 0 Å². The molecule has 37 heavy (non-hydrogen) atoms. The lowest BCUT2D eigenvalue weighted by molar-refractivity contribution is -0.115. The summed E-state index contributed by atoms with van der Waals surface area (Å²) in [6, 6.07) is 19.5. The number of para-hydroxylation sites is 1. The van der Waals surface area contributed by atoms with Gasteiger partial charge in [-0.1, -0.05) is 74.1 Å². The Bertz CT molecular complexity index is 1450. The van der Waals surface area contributed by atoms with Crippen molar-refractivity contribution in [1.82, 2.24) is 9.55 Å². The quantitative estimate of drug-likeness (QED) is 0.225. The third-order valence-electron chi connectivity index (χ3n) is 6.70. The Kier molecular flexibility index (Phi) is 7.79. The van der Waals surface area contributed by atoms with E-state index in [1.54, 1.807) is 4.57 Å². The molecular weight excluding hydrogens is 502 g/mol. The van der Waals surface area contributed by atoms with Crippen molar-refractivity contribution >= 4 is 44.9 Å². The number of ether oxygens (including phenoxy) is 1. The van der Waals surface area contributed by atoms with Gasteiger partial charge in [0.15, 0.2) is 5.16 Å². The SMILES string of the molecule is CC(C)[C@@H]1Cc2c(sc3nc(S[C@@H](C)C(=O)Nc4ccccc4)n(CCc4ccccc4)c(=O)c23)CO1. The van der Waals surface area contributed by atoms with E-state index in [-0.39, 0.29) is 17.6 Å². The van der Waals surface area contributed by atoms with Crippen molar-refractivity contribution in [3.05, 3.63) is 87.0 Å². The summed E-state index contributed by atoms with van der Waals surface area (Å²) in [5.74, 6) is 0.244. The normalized spacial score (nSPS) is 16.1. The third-order valence-corrected chi connectivity index (χ3v) is 8.89. The minimum atomic E-state index is -0.434. The van der Waals surface area contributed by atoms with Crippen LogP contribution >= 0.6 is 23.1 Å². The molecule has 2 aromatic heterocycles. The van der Waals surface area contributed by atoms with E-state index in [4.69, 9.17) is 9.72 Å². The number of benzene rings is 2. The van der Waals surface area contributed by atoms with Crippen LogP contribution in [0.2, 0.25) is 0 Å². The van der Waals surface area contributed by atoms with Gasteiger partial charge in [0.25, 0.3) is 5.56 Å². The van der Waals surface area contributed by atoms with Crippen molar-refractivity contribution < 1.29 is 9.53 Å². The number of aromatic nitrogens is 2. The largest absolute Gasteiger partial charge is 0.372 e. The first-order valence-corrected chi connectivity index (χ1v) is 14.3. The molecule has 5 rings (SSSR count). The highest BCUT2D eigenvalue weighted by Gasteiger charge is 2.29. The Labute approximate surface area is 225 Å². The van der Waals surface area contributed by atoms with Gasteiger partial charge in [0, 0.05) is 23.5 Å². The maximum atomic E-state index is 14.0. The van der Waals surface area contributed by atoms with E-state index in [9.17, 15) is 9.59 Å². The first-order valence-electron chi connectivity index (χ1n) is 12.6. The second-order valence-corrected chi connectivity index (χ2v) is 12.1. The Balaban J connectivity index is 1.50. The number of amides is 1. The van der Waals surface area contributed by atoms with Crippen molar-refractivity contribution in [1.29, 1.82) is 0 Å². The number of rotatable bonds is 8. The van der Waals surface area contributed by atoms with Crippen molar-refractivity contribution in [2.45, 2.75) is 63.3 Å². The molecule has 0 fully saturated rings. The van der Waals surface area contributed by atoms with E-state index in [0.717, 1.165) is 32.9 Å². The summed E-state index contributed by atoms with van der Waals surface area (Å²) in [5.41, 5.74) is 2.96. The first-order chi connectivity index (χ1) is 17.9. The molecule has 0 saturated heterocycles. The van der Waals surface area contributed by atoms with Gasteiger partial charge in [0.1, 0.15) is 4.83 Å². The molecule has 1 aliphatic heterocycles. The fraction of sp³-hybridized carbons (Fsp3) is 0.345. The first kappa shape index (κ1) is 25.7. The molecule has 0 bridgehead atoms. The summed E-state index contributed by atoms with van der Waals surface area (Å²) >= 11 is 2.87. The number of thioether (sulfide) groups is 1. The van der Waals surface area contributed by atoms with E-state index in [1.165, 1.54) is 23.1 Å². The number of anilines is 1. The van der Waals surface area contributed by atoms with E-state index in [1.807, 2.05) is 55.5 Å². The molecule has 0 unspecified atom stereocenters. The van der Waals surface area contributed by atoms with Crippen LogP contribution in [0.1, 0.15) is 36.8 Å². The van der Waals surface area contributed by atoms with Gasteiger partial charge in [0.05, 0.1) is 23.3 Å². The lowest BCUT2D eigenvalue weighted by Crippen LogP contribution is -2.29. The van der Waals surface area contributed by atoms with E-state index < -0.39 is 5.25 Å². The Hall–Kier alpha value is -2.94. The van der Waals surface area contributed by atoms with Gasteiger partial charge in [0.2, 0.25) is 5.91 Å². The highest BCUT2D eigenvalue weighted by Crippen LogP contribution is 2.36. The summed E-state index contributed by atoms with van der Waals surface area (Å²) in [7, 11) is 0. The number of carbonyl (C=O) groups excluding carboxylic acids is 1. The van der Waals surface area contributed by atoms with E-state index in [2.05, 4.69) is 31.3 Å². The molecule has 0 saturated carbocycles. The van der Waals surface area contributed by atoms with Crippen LogP contribution in [0.5, 0.6) is 0 Å². The summed E-state index contributed by atoms with van der Waals surface area (Å²) in [4.78, 5) is 33.7. The second-order valence-electron chi connectivity index (χ2n) is 9.68. The van der Waals surface area contributed by atoms with Crippen molar-refractivity contribution in [3.63, 3.8) is 0 Å².